The molecule has 1 heterocycles. The summed E-state index contributed by atoms with van der Waals surface area (Å²) in [5, 5.41) is 2.51. The summed E-state index contributed by atoms with van der Waals surface area (Å²) in [5.41, 5.74) is 2.78. The first-order valence-corrected chi connectivity index (χ1v) is 6.24. The van der Waals surface area contributed by atoms with Crippen LogP contribution in [0.2, 0.25) is 0 Å². The molecule has 3 atom stereocenters. The summed E-state index contributed by atoms with van der Waals surface area (Å²) in [5.74, 6) is 0.638. The summed E-state index contributed by atoms with van der Waals surface area (Å²) in [6, 6.07) is 12.2. The zero-order valence-electron chi connectivity index (χ0n) is 10.3. The van der Waals surface area contributed by atoms with E-state index in [1.807, 2.05) is 0 Å². The molecule has 0 amide bonds. The highest BCUT2D eigenvalue weighted by molar-refractivity contribution is 5.20. The molecule has 0 aliphatic carbocycles. The lowest BCUT2D eigenvalue weighted by atomic mass is 9.80. The van der Waals surface area contributed by atoms with Crippen LogP contribution < -0.4 is 5.32 Å². The van der Waals surface area contributed by atoms with Gasteiger partial charge in [0.15, 0.2) is 0 Å². The van der Waals surface area contributed by atoms with Crippen LogP contribution in [0.15, 0.2) is 42.5 Å². The van der Waals surface area contributed by atoms with Gasteiger partial charge in [0, 0.05) is 11.5 Å². The van der Waals surface area contributed by atoms with Crippen LogP contribution in [0.3, 0.4) is 0 Å². The number of rotatable bonds is 2. The van der Waals surface area contributed by atoms with Crippen molar-refractivity contribution in [1.82, 2.24) is 0 Å². The molecule has 0 bridgehead atoms. The van der Waals surface area contributed by atoms with Gasteiger partial charge in [-0.15, -0.1) is 0 Å². The Morgan fingerprint density at radius 2 is 1.94 bits per heavy atom. The number of hydrogen-bond donors (Lipinski definition) is 1. The van der Waals surface area contributed by atoms with Crippen molar-refractivity contribution in [1.29, 1.82) is 0 Å². The van der Waals surface area contributed by atoms with Gasteiger partial charge in [-0.1, -0.05) is 42.5 Å². The lowest BCUT2D eigenvalue weighted by Crippen LogP contribution is -2.92. The molecule has 0 radical (unpaired) electrons. The zero-order chi connectivity index (χ0) is 11.5. The molecule has 16 heavy (non-hydrogen) atoms. The standard InChI is InChI=1S/C15H21N/c1-11(2)14-10-9-12(3)16-15(14)13-7-5-4-6-8-13/h4-8,12,14-16H,1,9-10H2,2-3H3/p+1/t12-,14+,15+/m1/s1. The van der Waals surface area contributed by atoms with E-state index < -0.39 is 0 Å². The predicted octanol–water partition coefficient (Wildman–Crippen LogP) is 2.67. The number of hydrogen-bond acceptors (Lipinski definition) is 0. The monoisotopic (exact) mass is 216 g/mol. The Balaban J connectivity index is 2.24. The highest BCUT2D eigenvalue weighted by Crippen LogP contribution is 2.31. The van der Waals surface area contributed by atoms with E-state index in [0.717, 1.165) is 6.04 Å². The molecule has 1 saturated heterocycles. The largest absolute Gasteiger partial charge is 0.337 e. The highest BCUT2D eigenvalue weighted by Gasteiger charge is 2.32. The third-order valence-electron chi connectivity index (χ3n) is 3.72. The third kappa shape index (κ3) is 2.35. The maximum atomic E-state index is 4.16. The van der Waals surface area contributed by atoms with Crippen molar-refractivity contribution in [3.8, 4) is 0 Å². The maximum Gasteiger partial charge on any atom is 0.118 e. The number of quaternary nitrogens is 1. The first-order valence-electron chi connectivity index (χ1n) is 6.24. The number of benzene rings is 1. The van der Waals surface area contributed by atoms with E-state index in [1.165, 1.54) is 24.0 Å². The van der Waals surface area contributed by atoms with Crippen molar-refractivity contribution in [2.45, 2.75) is 38.8 Å². The minimum absolute atomic E-state index is 0.572. The molecule has 1 heteroatoms. The van der Waals surface area contributed by atoms with Gasteiger partial charge in [0.05, 0.1) is 6.04 Å². The molecule has 0 unspecified atom stereocenters. The summed E-state index contributed by atoms with van der Waals surface area (Å²) >= 11 is 0. The Bertz CT molecular complexity index is 355. The van der Waals surface area contributed by atoms with Crippen LogP contribution in [0.4, 0.5) is 0 Å². The molecule has 1 nitrogen and oxygen atoms in total. The topological polar surface area (TPSA) is 16.6 Å². The van der Waals surface area contributed by atoms with Crippen LogP contribution >= 0.6 is 0 Å². The summed E-state index contributed by atoms with van der Waals surface area (Å²) in [6.45, 7) is 8.65. The van der Waals surface area contributed by atoms with Gasteiger partial charge < -0.3 is 5.32 Å². The average Bonchev–Trinajstić information content (AvgIpc) is 2.29. The lowest BCUT2D eigenvalue weighted by Gasteiger charge is -2.33. The van der Waals surface area contributed by atoms with E-state index in [-0.39, 0.29) is 0 Å². The minimum Gasteiger partial charge on any atom is -0.337 e. The van der Waals surface area contributed by atoms with Gasteiger partial charge >= 0.3 is 0 Å². The van der Waals surface area contributed by atoms with Crippen LogP contribution in [0.5, 0.6) is 0 Å². The third-order valence-corrected chi connectivity index (χ3v) is 3.72. The van der Waals surface area contributed by atoms with Gasteiger partial charge in [0.25, 0.3) is 0 Å². The van der Waals surface area contributed by atoms with E-state index in [4.69, 9.17) is 0 Å². The van der Waals surface area contributed by atoms with Crippen molar-refractivity contribution in [2.24, 2.45) is 5.92 Å². The number of piperidine rings is 1. The molecular weight excluding hydrogens is 194 g/mol. The Morgan fingerprint density at radius 3 is 2.56 bits per heavy atom. The van der Waals surface area contributed by atoms with Gasteiger partial charge in [-0.3, -0.25) is 0 Å². The van der Waals surface area contributed by atoms with Crippen LogP contribution in [0, 0.1) is 5.92 Å². The van der Waals surface area contributed by atoms with Gasteiger partial charge in [-0.25, -0.2) is 0 Å². The van der Waals surface area contributed by atoms with Crippen molar-refractivity contribution in [3.05, 3.63) is 48.0 Å². The highest BCUT2D eigenvalue weighted by atomic mass is 15.0. The van der Waals surface area contributed by atoms with Crippen LogP contribution in [0.25, 0.3) is 0 Å². The first-order chi connectivity index (χ1) is 7.68. The molecule has 0 spiro atoms. The minimum atomic E-state index is 0.572. The van der Waals surface area contributed by atoms with Crippen molar-refractivity contribution in [3.63, 3.8) is 0 Å². The molecule has 1 fully saturated rings. The molecule has 1 aliphatic heterocycles. The molecule has 0 aromatic heterocycles. The van der Waals surface area contributed by atoms with Crippen molar-refractivity contribution >= 4 is 0 Å². The quantitative estimate of drug-likeness (QED) is 0.732. The van der Waals surface area contributed by atoms with Crippen molar-refractivity contribution < 1.29 is 5.32 Å². The summed E-state index contributed by atoms with van der Waals surface area (Å²) < 4.78 is 0. The van der Waals surface area contributed by atoms with Gasteiger partial charge in [0.1, 0.15) is 6.04 Å². The van der Waals surface area contributed by atoms with Crippen LogP contribution in [0.1, 0.15) is 38.3 Å². The second-order valence-electron chi connectivity index (χ2n) is 5.14. The predicted molar refractivity (Wildman–Crippen MR) is 68.1 cm³/mol. The molecule has 86 valence electrons. The van der Waals surface area contributed by atoms with Crippen LogP contribution in [-0.4, -0.2) is 6.04 Å². The van der Waals surface area contributed by atoms with E-state index in [0.29, 0.717) is 12.0 Å². The van der Waals surface area contributed by atoms with Crippen molar-refractivity contribution in [2.75, 3.05) is 0 Å². The molecule has 1 aromatic rings. The maximum absolute atomic E-state index is 4.16. The van der Waals surface area contributed by atoms with E-state index >= 15 is 0 Å². The Morgan fingerprint density at radius 1 is 1.25 bits per heavy atom. The number of nitrogens with two attached hydrogens (primary N) is 1. The lowest BCUT2D eigenvalue weighted by molar-refractivity contribution is -0.739. The average molecular weight is 216 g/mol. The van der Waals surface area contributed by atoms with E-state index in [2.05, 4.69) is 56.1 Å². The van der Waals surface area contributed by atoms with Gasteiger partial charge in [-0.2, -0.15) is 0 Å². The first kappa shape index (κ1) is 11.4. The van der Waals surface area contributed by atoms with Gasteiger partial charge in [-0.05, 0) is 26.7 Å². The summed E-state index contributed by atoms with van der Waals surface area (Å²) in [7, 11) is 0. The van der Waals surface area contributed by atoms with E-state index in [9.17, 15) is 0 Å². The smallest absolute Gasteiger partial charge is 0.118 e. The van der Waals surface area contributed by atoms with Crippen LogP contribution in [-0.2, 0) is 0 Å². The van der Waals surface area contributed by atoms with Gasteiger partial charge in [0.2, 0.25) is 0 Å². The fourth-order valence-corrected chi connectivity index (χ4v) is 2.78. The molecule has 1 aliphatic rings. The Labute approximate surface area is 98.6 Å². The van der Waals surface area contributed by atoms with E-state index in [1.54, 1.807) is 0 Å². The SMILES string of the molecule is C=C(C)[C@@H]1CC[C@@H](C)[NH2+][C@H]1c1ccccc1. The molecule has 2 rings (SSSR count). The second kappa shape index (κ2) is 4.84. The second-order valence-corrected chi connectivity index (χ2v) is 5.14. The Hall–Kier alpha value is -1.08. The fraction of sp³-hybridized carbons (Fsp3) is 0.467. The fourth-order valence-electron chi connectivity index (χ4n) is 2.78. The molecule has 0 saturated carbocycles. The molecule has 1 aromatic carbocycles. The Kier molecular flexibility index (Phi) is 3.45. The summed E-state index contributed by atoms with van der Waals surface area (Å²) in [6.07, 6.45) is 2.59. The molecule has 2 N–H and O–H groups in total. The normalized spacial score (nSPS) is 30.0. The zero-order valence-corrected chi connectivity index (χ0v) is 10.3. The summed E-state index contributed by atoms with van der Waals surface area (Å²) in [4.78, 5) is 0. The molecular formula is C15H22N+.